The van der Waals surface area contributed by atoms with Crippen molar-refractivity contribution in [2.45, 2.75) is 227 Å². The zero-order chi connectivity index (χ0) is 37.0. The van der Waals surface area contributed by atoms with Crippen LogP contribution >= 0.6 is 0 Å². The highest BCUT2D eigenvalue weighted by molar-refractivity contribution is 5.19. The fourth-order valence-corrected chi connectivity index (χ4v) is 13.1. The van der Waals surface area contributed by atoms with Gasteiger partial charge in [-0.05, 0) is 174 Å². The summed E-state index contributed by atoms with van der Waals surface area (Å²) in [7, 11) is 0. The van der Waals surface area contributed by atoms with Crippen LogP contribution in [0.5, 0.6) is 0 Å². The first-order valence-electron chi connectivity index (χ1n) is 24.9. The van der Waals surface area contributed by atoms with Gasteiger partial charge in [-0.1, -0.05) is 141 Å². The molecule has 0 radical (unpaired) electrons. The lowest BCUT2D eigenvalue weighted by Crippen LogP contribution is -2.34. The van der Waals surface area contributed by atoms with Crippen LogP contribution in [0.15, 0.2) is 23.3 Å². The third-order valence-electron chi connectivity index (χ3n) is 16.7. The molecule has 6 rings (SSSR count). The summed E-state index contributed by atoms with van der Waals surface area (Å²) >= 11 is 0. The molecule has 304 valence electrons. The quantitative estimate of drug-likeness (QED) is 0.152. The molecule has 6 saturated carbocycles. The molecule has 0 aromatic heterocycles. The van der Waals surface area contributed by atoms with Crippen LogP contribution < -0.4 is 0 Å². The molecule has 0 N–H and O–H groups in total. The number of ether oxygens (including phenoxy) is 1. The maximum Gasteiger partial charge on any atom is 0.0575 e. The Balaban J connectivity index is 1.16. The summed E-state index contributed by atoms with van der Waals surface area (Å²) < 4.78 is 6.67. The molecule has 1 nitrogen and oxygen atoms in total. The van der Waals surface area contributed by atoms with Gasteiger partial charge in [0.25, 0.3) is 0 Å². The first-order valence-corrected chi connectivity index (χ1v) is 24.9. The van der Waals surface area contributed by atoms with Gasteiger partial charge < -0.3 is 4.74 Å². The van der Waals surface area contributed by atoms with Crippen LogP contribution in [0.4, 0.5) is 0 Å². The average molecular weight is 731 g/mol. The van der Waals surface area contributed by atoms with E-state index >= 15 is 0 Å². The summed E-state index contributed by atoms with van der Waals surface area (Å²) in [4.78, 5) is 0. The fourth-order valence-electron chi connectivity index (χ4n) is 13.1. The Morgan fingerprint density at radius 3 is 1.60 bits per heavy atom. The molecule has 1 heteroatoms. The van der Waals surface area contributed by atoms with Crippen LogP contribution in [0.2, 0.25) is 0 Å². The van der Waals surface area contributed by atoms with Crippen molar-refractivity contribution in [2.75, 3.05) is 6.61 Å². The molecule has 0 saturated heterocycles. The lowest BCUT2D eigenvalue weighted by molar-refractivity contribution is -0.00196. The largest absolute Gasteiger partial charge is 0.378 e. The number of allylic oxidation sites excluding steroid dienone is 4. The Labute approximate surface area is 331 Å². The van der Waals surface area contributed by atoms with E-state index in [1.165, 1.54) is 186 Å². The van der Waals surface area contributed by atoms with Crippen molar-refractivity contribution in [3.05, 3.63) is 23.3 Å². The Kier molecular flexibility index (Phi) is 17.3. The molecule has 0 aromatic rings. The van der Waals surface area contributed by atoms with Crippen molar-refractivity contribution >= 4 is 0 Å². The van der Waals surface area contributed by atoms with E-state index in [2.05, 4.69) is 46.8 Å². The third kappa shape index (κ3) is 13.0. The molecule has 0 aromatic carbocycles. The van der Waals surface area contributed by atoms with Gasteiger partial charge in [-0.3, -0.25) is 0 Å². The Morgan fingerprint density at radius 1 is 0.528 bits per heavy atom. The molecule has 0 aliphatic heterocycles. The lowest BCUT2D eigenvalue weighted by atomic mass is 9.62. The van der Waals surface area contributed by atoms with Crippen molar-refractivity contribution < 1.29 is 4.74 Å². The van der Waals surface area contributed by atoms with Gasteiger partial charge in [-0.25, -0.2) is 0 Å². The van der Waals surface area contributed by atoms with Gasteiger partial charge in [0.1, 0.15) is 0 Å². The molecule has 0 spiro atoms. The molecular weight excluding hydrogens is 641 g/mol. The molecule has 4 atom stereocenters. The highest BCUT2D eigenvalue weighted by Crippen LogP contribution is 2.50. The van der Waals surface area contributed by atoms with Crippen molar-refractivity contribution in [3.8, 4) is 0 Å². The summed E-state index contributed by atoms with van der Waals surface area (Å²) in [5.74, 6) is 10.7. The summed E-state index contributed by atoms with van der Waals surface area (Å²) in [5.41, 5.74) is 3.99. The molecule has 4 unspecified atom stereocenters. The van der Waals surface area contributed by atoms with Crippen molar-refractivity contribution in [3.63, 3.8) is 0 Å². The highest BCUT2D eigenvalue weighted by atomic mass is 16.5. The van der Waals surface area contributed by atoms with E-state index < -0.39 is 0 Å². The minimum absolute atomic E-state index is 0.524. The normalized spacial score (nSPS) is 36.8. The minimum Gasteiger partial charge on any atom is -0.378 e. The van der Waals surface area contributed by atoms with E-state index in [0.29, 0.717) is 6.10 Å². The van der Waals surface area contributed by atoms with Crippen LogP contribution in [0.25, 0.3) is 0 Å². The highest BCUT2D eigenvalue weighted by Gasteiger charge is 2.39. The monoisotopic (exact) mass is 731 g/mol. The summed E-state index contributed by atoms with van der Waals surface area (Å²) in [6.45, 7) is 13.2. The second-order valence-corrected chi connectivity index (χ2v) is 21.4. The summed E-state index contributed by atoms with van der Waals surface area (Å²) in [6.07, 6.45) is 48.6. The summed E-state index contributed by atoms with van der Waals surface area (Å²) in [6, 6.07) is 0. The van der Waals surface area contributed by atoms with E-state index in [9.17, 15) is 0 Å². The predicted octanol–water partition coefficient (Wildman–Crippen LogP) is 16.1. The molecule has 6 aliphatic rings. The number of rotatable bonds is 15. The van der Waals surface area contributed by atoms with Gasteiger partial charge in [-0.15, -0.1) is 0 Å². The molecule has 0 heterocycles. The summed E-state index contributed by atoms with van der Waals surface area (Å²) in [5, 5.41) is 0. The Morgan fingerprint density at radius 2 is 1.06 bits per heavy atom. The topological polar surface area (TPSA) is 9.23 Å². The van der Waals surface area contributed by atoms with Gasteiger partial charge in [0.15, 0.2) is 0 Å². The van der Waals surface area contributed by atoms with E-state index in [0.717, 1.165) is 77.6 Å². The molecule has 0 bridgehead atoms. The second kappa shape index (κ2) is 21.8. The SMILES string of the molecule is CC(C)CCCC(C)CCOC1CCC(C2CC(C=C(C3CCCCC3)C3CCC(C)CC3)CCC2C=C(C2CCCCC2)C2CCC(C)CC2)CC1. The molecule has 6 aliphatic carbocycles. The van der Waals surface area contributed by atoms with Gasteiger partial charge in [0.05, 0.1) is 6.10 Å². The first-order chi connectivity index (χ1) is 25.8. The third-order valence-corrected chi connectivity index (χ3v) is 16.7. The fraction of sp³-hybridized carbons (Fsp3) is 0.923. The van der Waals surface area contributed by atoms with Gasteiger partial charge in [0, 0.05) is 6.61 Å². The number of hydrogen-bond donors (Lipinski definition) is 0. The van der Waals surface area contributed by atoms with E-state index in [1.54, 1.807) is 0 Å². The second-order valence-electron chi connectivity index (χ2n) is 21.4. The minimum atomic E-state index is 0.524. The van der Waals surface area contributed by atoms with Crippen LogP contribution in [0.1, 0.15) is 221 Å². The maximum atomic E-state index is 6.67. The smallest absolute Gasteiger partial charge is 0.0575 e. The van der Waals surface area contributed by atoms with Crippen LogP contribution in [0, 0.1) is 71.0 Å². The zero-order valence-electron chi connectivity index (χ0n) is 36.3. The van der Waals surface area contributed by atoms with Gasteiger partial charge >= 0.3 is 0 Å². The Hall–Kier alpha value is -0.560. The first kappa shape index (κ1) is 42.1. The molecule has 6 fully saturated rings. The average Bonchev–Trinajstić information content (AvgIpc) is 3.18. The van der Waals surface area contributed by atoms with Gasteiger partial charge in [0.2, 0.25) is 0 Å². The standard InChI is InChI=1S/C52H90O/c1-38(2)13-12-14-39(3)33-34-53-49-31-29-47(30-32-49)51-36-42(35-50(43-15-8-6-9-16-43)45-24-19-40(4)20-25-45)23-28-48(51)37-52(44-17-10-7-11-18-44)46-26-21-41(5)22-27-46/h35,37-49,51H,6-34,36H2,1-5H3. The predicted molar refractivity (Wildman–Crippen MR) is 230 cm³/mol. The number of hydrogen-bond acceptors (Lipinski definition) is 1. The van der Waals surface area contributed by atoms with Crippen molar-refractivity contribution in [1.29, 1.82) is 0 Å². The maximum absolute atomic E-state index is 6.67. The Bertz CT molecular complexity index is 1060. The lowest BCUT2D eigenvalue weighted by Gasteiger charge is -2.44. The van der Waals surface area contributed by atoms with Crippen LogP contribution in [-0.4, -0.2) is 12.7 Å². The van der Waals surface area contributed by atoms with Gasteiger partial charge in [-0.2, -0.15) is 0 Å². The van der Waals surface area contributed by atoms with Crippen molar-refractivity contribution in [1.82, 2.24) is 0 Å². The van der Waals surface area contributed by atoms with Crippen LogP contribution in [0.3, 0.4) is 0 Å². The van der Waals surface area contributed by atoms with Crippen molar-refractivity contribution in [2.24, 2.45) is 71.0 Å². The molecular formula is C52H90O. The zero-order valence-corrected chi connectivity index (χ0v) is 36.3. The van der Waals surface area contributed by atoms with E-state index in [-0.39, 0.29) is 0 Å². The van der Waals surface area contributed by atoms with E-state index in [1.807, 2.05) is 11.1 Å². The molecule has 53 heavy (non-hydrogen) atoms. The van der Waals surface area contributed by atoms with Crippen LogP contribution in [-0.2, 0) is 4.74 Å². The van der Waals surface area contributed by atoms with E-state index in [4.69, 9.17) is 4.74 Å². The molecule has 0 amide bonds.